The van der Waals surface area contributed by atoms with Crippen LogP contribution in [0.4, 0.5) is 4.79 Å². The summed E-state index contributed by atoms with van der Waals surface area (Å²) in [6, 6.07) is 5.52. The first-order valence-electron chi connectivity index (χ1n) is 20.1. The van der Waals surface area contributed by atoms with Crippen LogP contribution in [0.2, 0.25) is 0 Å². The summed E-state index contributed by atoms with van der Waals surface area (Å²) in [5.41, 5.74) is 0.0203. The number of alkyl carbamates (subject to hydrolysis) is 1. The highest BCUT2D eigenvalue weighted by atomic mass is 32.2. The molecule has 15 heteroatoms. The third-order valence-corrected chi connectivity index (χ3v) is 15.0. The fourth-order valence-corrected chi connectivity index (χ4v) is 9.90. The molecule has 0 unspecified atom stereocenters. The number of hydrogen-bond acceptors (Lipinski definition) is 10. The number of aryl methyl sites for hydroxylation is 1. The SMILES string of the molecule is CC1(S(=O)(=O)NC(=O)[C@]23C[C@@H]2/C=C\CCCCC[C@@H]2NC(=O)O[C@]4(C)C[C@H]4CCCCCc4nc5ccccc5nc4O[C@@H]4C[C@@H](C(=O)N3)N(C4)C2=O)CC1. The van der Waals surface area contributed by atoms with Crippen LogP contribution in [0, 0.1) is 11.8 Å². The molecule has 7 atom stereocenters. The van der Waals surface area contributed by atoms with Gasteiger partial charge in [0.25, 0.3) is 5.91 Å². The van der Waals surface area contributed by atoms with Gasteiger partial charge in [-0.1, -0.05) is 50.0 Å². The third-order valence-electron chi connectivity index (χ3n) is 12.8. The number of aromatic nitrogens is 2. The quantitative estimate of drug-likeness (QED) is 0.379. The molecule has 8 rings (SSSR count). The Labute approximate surface area is 322 Å². The molecule has 3 aliphatic carbocycles. The van der Waals surface area contributed by atoms with E-state index in [1.54, 1.807) is 6.92 Å². The Kier molecular flexibility index (Phi) is 9.82. The van der Waals surface area contributed by atoms with Crippen molar-refractivity contribution in [3.05, 3.63) is 42.1 Å². The molecule has 0 radical (unpaired) electrons. The number of carbonyl (C=O) groups excluding carboxylic acids is 4. The van der Waals surface area contributed by atoms with Crippen molar-refractivity contribution in [2.45, 2.75) is 144 Å². The molecule has 3 N–H and O–H groups in total. The van der Waals surface area contributed by atoms with Crippen molar-refractivity contribution in [2.24, 2.45) is 11.8 Å². The minimum atomic E-state index is -3.98. The van der Waals surface area contributed by atoms with Gasteiger partial charge in [0.15, 0.2) is 0 Å². The second kappa shape index (κ2) is 14.3. The zero-order chi connectivity index (χ0) is 38.6. The number of para-hydroxylation sites is 2. The van der Waals surface area contributed by atoms with Crippen LogP contribution in [-0.2, 0) is 35.6 Å². The lowest BCUT2D eigenvalue weighted by molar-refractivity contribution is -0.141. The predicted octanol–water partition coefficient (Wildman–Crippen LogP) is 4.36. The zero-order valence-electron chi connectivity index (χ0n) is 31.7. The van der Waals surface area contributed by atoms with Gasteiger partial charge >= 0.3 is 6.09 Å². The smallest absolute Gasteiger partial charge is 0.408 e. The Morgan fingerprint density at radius 2 is 1.71 bits per heavy atom. The predicted molar refractivity (Wildman–Crippen MR) is 202 cm³/mol. The van der Waals surface area contributed by atoms with Crippen LogP contribution in [0.15, 0.2) is 36.4 Å². The number of amides is 4. The second-order valence-corrected chi connectivity index (χ2v) is 19.3. The van der Waals surface area contributed by atoms with Crippen LogP contribution in [-0.4, -0.2) is 87.7 Å². The normalized spacial score (nSPS) is 34.3. The molecule has 4 fully saturated rings. The first-order chi connectivity index (χ1) is 26.3. The lowest BCUT2D eigenvalue weighted by Gasteiger charge is -2.30. The Morgan fingerprint density at radius 3 is 2.49 bits per heavy atom. The molecule has 0 spiro atoms. The van der Waals surface area contributed by atoms with E-state index in [4.69, 9.17) is 19.4 Å². The van der Waals surface area contributed by atoms with Gasteiger partial charge in [0, 0.05) is 18.3 Å². The standard InChI is InChI=1S/C40H52N6O8S/c1-38(19-20-38)55(51,52)45-36(49)40-23-26(40)14-7-4-3-5-9-18-31-35(48)46-24-27(21-32(46)33(47)44-40)53-34-30(41-28-15-11-12-16-29(28)42-34)17-10-6-8-13-25-22-39(25,2)54-37(50)43-31/h7,11-12,14-16,25-27,31-32H,3-6,8-10,13,17-24H2,1-2H3,(H,43,50)(H,44,47)(H,45,49)/b14-7-/t25-,26+,27-,31+,32+,39-,40+/m1/s1. The molecule has 1 aromatic heterocycles. The number of rotatable bonds is 3. The van der Waals surface area contributed by atoms with E-state index in [1.807, 2.05) is 43.3 Å². The van der Waals surface area contributed by atoms with Crippen molar-refractivity contribution in [3.8, 4) is 5.88 Å². The van der Waals surface area contributed by atoms with Crippen molar-refractivity contribution >= 4 is 44.9 Å². The van der Waals surface area contributed by atoms with Crippen molar-refractivity contribution in [1.82, 2.24) is 30.2 Å². The number of carbonyl (C=O) groups is 4. The average Bonchev–Trinajstić information content (AvgIpc) is 4.09. The van der Waals surface area contributed by atoms with E-state index in [0.717, 1.165) is 50.5 Å². The number of benzene rings is 1. The van der Waals surface area contributed by atoms with Crippen LogP contribution in [0.3, 0.4) is 0 Å². The molecule has 4 heterocycles. The lowest BCUT2D eigenvalue weighted by atomic mass is 10.0. The molecule has 3 saturated carbocycles. The van der Waals surface area contributed by atoms with Gasteiger partial charge < -0.3 is 25.0 Å². The number of nitrogens with one attached hydrogen (secondary N) is 3. The van der Waals surface area contributed by atoms with E-state index in [-0.39, 0.29) is 25.3 Å². The van der Waals surface area contributed by atoms with Crippen LogP contribution >= 0.6 is 0 Å². The molecule has 2 aromatic rings. The van der Waals surface area contributed by atoms with E-state index in [2.05, 4.69) is 15.4 Å². The largest absolute Gasteiger partial charge is 0.471 e. The van der Waals surface area contributed by atoms with Crippen molar-refractivity contribution in [1.29, 1.82) is 0 Å². The fraction of sp³-hybridized carbons (Fsp3) is 0.650. The second-order valence-electron chi connectivity index (χ2n) is 17.1. The van der Waals surface area contributed by atoms with Gasteiger partial charge in [-0.3, -0.25) is 19.1 Å². The van der Waals surface area contributed by atoms with E-state index >= 15 is 0 Å². The Morgan fingerprint density at radius 1 is 0.964 bits per heavy atom. The monoisotopic (exact) mass is 776 g/mol. The maximum atomic E-state index is 14.6. The van der Waals surface area contributed by atoms with Gasteiger partial charge in [-0.15, -0.1) is 0 Å². The van der Waals surface area contributed by atoms with Gasteiger partial charge in [-0.2, -0.15) is 0 Å². The van der Waals surface area contributed by atoms with Crippen LogP contribution in [0.1, 0.15) is 109 Å². The lowest BCUT2D eigenvalue weighted by Crippen LogP contribution is -2.58. The van der Waals surface area contributed by atoms with Crippen molar-refractivity contribution in [2.75, 3.05) is 6.54 Å². The minimum Gasteiger partial charge on any atom is -0.471 e. The number of sulfonamides is 1. The van der Waals surface area contributed by atoms with E-state index in [0.29, 0.717) is 55.6 Å². The molecule has 3 aliphatic heterocycles. The van der Waals surface area contributed by atoms with Gasteiger partial charge in [0.05, 0.1) is 22.3 Å². The molecule has 1 saturated heterocycles. The molecule has 55 heavy (non-hydrogen) atoms. The highest BCUT2D eigenvalue weighted by Crippen LogP contribution is 2.50. The average molecular weight is 777 g/mol. The summed E-state index contributed by atoms with van der Waals surface area (Å²) >= 11 is 0. The highest BCUT2D eigenvalue weighted by Gasteiger charge is 2.63. The fourth-order valence-electron chi connectivity index (χ4n) is 8.59. The van der Waals surface area contributed by atoms with Crippen LogP contribution in [0.25, 0.3) is 11.0 Å². The number of nitrogens with zero attached hydrogens (tertiary/aromatic N) is 3. The molecular weight excluding hydrogens is 725 g/mol. The van der Waals surface area contributed by atoms with E-state index in [1.165, 1.54) is 4.90 Å². The van der Waals surface area contributed by atoms with Gasteiger partial charge in [0.2, 0.25) is 27.7 Å². The van der Waals surface area contributed by atoms with E-state index in [9.17, 15) is 27.6 Å². The molecule has 6 aliphatic rings. The first kappa shape index (κ1) is 37.6. The van der Waals surface area contributed by atoms with Crippen molar-refractivity contribution < 1.29 is 37.1 Å². The summed E-state index contributed by atoms with van der Waals surface area (Å²) in [7, 11) is -3.98. The highest BCUT2D eigenvalue weighted by molar-refractivity contribution is 7.91. The first-order valence-corrected chi connectivity index (χ1v) is 21.6. The molecule has 296 valence electrons. The Balaban J connectivity index is 1.13. The van der Waals surface area contributed by atoms with Crippen molar-refractivity contribution in [3.63, 3.8) is 0 Å². The maximum absolute atomic E-state index is 14.6. The Bertz CT molecular complexity index is 2020. The van der Waals surface area contributed by atoms with Gasteiger partial charge in [-0.05, 0) is 90.2 Å². The topological polar surface area (TPSA) is 186 Å². The summed E-state index contributed by atoms with van der Waals surface area (Å²) in [5, 5.41) is 5.78. The number of fused-ring (bicyclic) bond motifs is 6. The summed E-state index contributed by atoms with van der Waals surface area (Å²) in [6.45, 7) is 3.56. The number of allylic oxidation sites excluding steroid dienone is 1. The minimum absolute atomic E-state index is 0.0210. The Hall–Kier alpha value is -4.27. The maximum Gasteiger partial charge on any atom is 0.408 e. The number of ether oxygens (including phenoxy) is 2. The van der Waals surface area contributed by atoms with Crippen LogP contribution < -0.4 is 20.1 Å². The number of hydrogen-bond donors (Lipinski definition) is 3. The summed E-state index contributed by atoms with van der Waals surface area (Å²) < 4.78 is 40.1. The van der Waals surface area contributed by atoms with E-state index < -0.39 is 73.8 Å². The molecule has 1 aromatic carbocycles. The third kappa shape index (κ3) is 7.65. The molecular formula is C40H52N6O8S. The molecule has 3 bridgehead atoms. The zero-order valence-corrected chi connectivity index (χ0v) is 32.5. The summed E-state index contributed by atoms with van der Waals surface area (Å²) in [6.07, 6.45) is 12.1. The molecule has 4 amide bonds. The van der Waals surface area contributed by atoms with Crippen LogP contribution in [0.5, 0.6) is 5.88 Å². The van der Waals surface area contributed by atoms with Gasteiger partial charge in [0.1, 0.15) is 35.0 Å². The molecule has 14 nitrogen and oxygen atoms in total. The summed E-state index contributed by atoms with van der Waals surface area (Å²) in [4.78, 5) is 67.6. The summed E-state index contributed by atoms with van der Waals surface area (Å²) in [5.74, 6) is -1.65. The van der Waals surface area contributed by atoms with Gasteiger partial charge in [-0.25, -0.2) is 23.2 Å².